The molecule has 1 aromatic heterocycles. The van der Waals surface area contributed by atoms with Crippen molar-refractivity contribution in [2.75, 3.05) is 0 Å². The van der Waals surface area contributed by atoms with E-state index in [1.807, 2.05) is 23.9 Å². The smallest absolute Gasteiger partial charge is 0.335 e. The molecule has 0 radical (unpaired) electrons. The number of carboxylic acids is 1. The van der Waals surface area contributed by atoms with Crippen molar-refractivity contribution in [3.63, 3.8) is 0 Å². The number of carbonyl (C=O) groups is 1. The van der Waals surface area contributed by atoms with Gasteiger partial charge in [0.25, 0.3) is 0 Å². The van der Waals surface area contributed by atoms with Gasteiger partial charge in [0, 0.05) is 24.3 Å². The minimum Gasteiger partial charge on any atom is -0.478 e. The molecular formula is C12H12N2O2S. The molecule has 88 valence electrons. The summed E-state index contributed by atoms with van der Waals surface area (Å²) in [6, 6.07) is 6.92. The molecule has 0 aliphatic carbocycles. The lowest BCUT2D eigenvalue weighted by Crippen LogP contribution is -1.96. The number of rotatable bonds is 4. The Morgan fingerprint density at radius 3 is 3.00 bits per heavy atom. The summed E-state index contributed by atoms with van der Waals surface area (Å²) in [6.45, 7) is 0. The second-order valence-corrected chi connectivity index (χ2v) is 4.62. The van der Waals surface area contributed by atoms with Crippen LogP contribution in [-0.4, -0.2) is 20.6 Å². The van der Waals surface area contributed by atoms with E-state index in [1.54, 1.807) is 36.2 Å². The summed E-state index contributed by atoms with van der Waals surface area (Å²) < 4.78 is 1.95. The van der Waals surface area contributed by atoms with E-state index in [4.69, 9.17) is 5.11 Å². The van der Waals surface area contributed by atoms with Crippen LogP contribution in [-0.2, 0) is 12.8 Å². The van der Waals surface area contributed by atoms with Gasteiger partial charge in [0.1, 0.15) is 5.82 Å². The lowest BCUT2D eigenvalue weighted by Gasteiger charge is -2.03. The van der Waals surface area contributed by atoms with Crippen LogP contribution in [0.1, 0.15) is 16.2 Å². The van der Waals surface area contributed by atoms with Gasteiger partial charge in [0.15, 0.2) is 0 Å². The fourth-order valence-electron chi connectivity index (χ4n) is 1.40. The van der Waals surface area contributed by atoms with Crippen molar-refractivity contribution in [2.45, 2.75) is 10.6 Å². The van der Waals surface area contributed by atoms with Crippen LogP contribution in [0.15, 0.2) is 41.6 Å². The molecule has 0 atom stereocenters. The van der Waals surface area contributed by atoms with Crippen LogP contribution in [0.3, 0.4) is 0 Å². The van der Waals surface area contributed by atoms with Gasteiger partial charge in [-0.25, -0.2) is 9.78 Å². The molecule has 0 aliphatic heterocycles. The zero-order valence-corrected chi connectivity index (χ0v) is 10.1. The van der Waals surface area contributed by atoms with Crippen LogP contribution in [0.25, 0.3) is 0 Å². The summed E-state index contributed by atoms with van der Waals surface area (Å²) in [5, 5.41) is 8.88. The Labute approximate surface area is 103 Å². The van der Waals surface area contributed by atoms with Crippen LogP contribution in [0.5, 0.6) is 0 Å². The molecule has 0 spiro atoms. The Morgan fingerprint density at radius 2 is 2.35 bits per heavy atom. The number of hydrogen-bond acceptors (Lipinski definition) is 3. The number of benzene rings is 1. The van der Waals surface area contributed by atoms with Crippen LogP contribution in [0.4, 0.5) is 0 Å². The minimum absolute atomic E-state index is 0.315. The zero-order valence-electron chi connectivity index (χ0n) is 9.33. The van der Waals surface area contributed by atoms with Crippen molar-refractivity contribution in [3.05, 3.63) is 48.0 Å². The van der Waals surface area contributed by atoms with Crippen molar-refractivity contribution in [2.24, 2.45) is 7.05 Å². The molecule has 0 unspecified atom stereocenters. The molecule has 5 heteroatoms. The van der Waals surface area contributed by atoms with E-state index in [0.29, 0.717) is 5.56 Å². The molecule has 1 heterocycles. The van der Waals surface area contributed by atoms with Gasteiger partial charge in [0.2, 0.25) is 0 Å². The highest BCUT2D eigenvalue weighted by Gasteiger charge is 2.05. The Kier molecular flexibility index (Phi) is 3.49. The minimum atomic E-state index is -0.899. The quantitative estimate of drug-likeness (QED) is 0.844. The molecule has 1 N–H and O–H groups in total. The number of aryl methyl sites for hydroxylation is 1. The second kappa shape index (κ2) is 5.05. The highest BCUT2D eigenvalue weighted by molar-refractivity contribution is 7.98. The molecule has 0 amide bonds. The fourth-order valence-corrected chi connectivity index (χ4v) is 2.36. The molecule has 1 aromatic carbocycles. The third-order valence-corrected chi connectivity index (χ3v) is 3.36. The van der Waals surface area contributed by atoms with E-state index in [1.165, 1.54) is 0 Å². The van der Waals surface area contributed by atoms with E-state index in [0.717, 1.165) is 16.5 Å². The number of aromatic carboxylic acids is 1. The van der Waals surface area contributed by atoms with Crippen LogP contribution in [0.2, 0.25) is 0 Å². The van der Waals surface area contributed by atoms with Gasteiger partial charge in [-0.2, -0.15) is 0 Å². The van der Waals surface area contributed by atoms with Crippen molar-refractivity contribution >= 4 is 17.7 Å². The topological polar surface area (TPSA) is 55.1 Å². The van der Waals surface area contributed by atoms with E-state index >= 15 is 0 Å². The van der Waals surface area contributed by atoms with Crippen LogP contribution in [0, 0.1) is 0 Å². The molecule has 0 aliphatic rings. The van der Waals surface area contributed by atoms with Gasteiger partial charge in [0.05, 0.1) is 11.3 Å². The largest absolute Gasteiger partial charge is 0.478 e. The SMILES string of the molecule is Cn1ccnc1CSc1cccc(C(=O)O)c1. The lowest BCUT2D eigenvalue weighted by atomic mass is 10.2. The van der Waals surface area contributed by atoms with Gasteiger partial charge in [-0.05, 0) is 18.2 Å². The molecule has 17 heavy (non-hydrogen) atoms. The summed E-state index contributed by atoms with van der Waals surface area (Å²) in [7, 11) is 1.94. The average Bonchev–Trinajstić information content (AvgIpc) is 2.72. The van der Waals surface area contributed by atoms with Crippen molar-refractivity contribution in [1.82, 2.24) is 9.55 Å². The Morgan fingerprint density at radius 1 is 1.53 bits per heavy atom. The van der Waals surface area contributed by atoms with E-state index < -0.39 is 5.97 Å². The molecule has 0 fully saturated rings. The summed E-state index contributed by atoms with van der Waals surface area (Å²) in [5.41, 5.74) is 0.315. The normalized spacial score (nSPS) is 10.4. The molecule has 4 nitrogen and oxygen atoms in total. The number of carboxylic acid groups (broad SMARTS) is 1. The maximum absolute atomic E-state index is 10.8. The molecular weight excluding hydrogens is 236 g/mol. The summed E-state index contributed by atoms with van der Waals surface area (Å²) in [4.78, 5) is 16.0. The number of aromatic nitrogens is 2. The van der Waals surface area contributed by atoms with Gasteiger partial charge in [-0.15, -0.1) is 11.8 Å². The van der Waals surface area contributed by atoms with E-state index in [2.05, 4.69) is 4.98 Å². The Bertz CT molecular complexity index is 537. The van der Waals surface area contributed by atoms with Gasteiger partial charge < -0.3 is 9.67 Å². The first-order valence-electron chi connectivity index (χ1n) is 5.09. The monoisotopic (exact) mass is 248 g/mol. The molecule has 2 aromatic rings. The molecule has 0 saturated heterocycles. The van der Waals surface area contributed by atoms with Crippen molar-refractivity contribution in [3.8, 4) is 0 Å². The summed E-state index contributed by atoms with van der Waals surface area (Å²) in [5.74, 6) is 0.798. The first-order chi connectivity index (χ1) is 8.16. The number of thioether (sulfide) groups is 1. The zero-order chi connectivity index (χ0) is 12.3. The Balaban J connectivity index is 2.07. The maximum atomic E-state index is 10.8. The van der Waals surface area contributed by atoms with Gasteiger partial charge in [-0.3, -0.25) is 0 Å². The first-order valence-corrected chi connectivity index (χ1v) is 6.08. The number of imidazole rings is 1. The average molecular weight is 248 g/mol. The van der Waals surface area contributed by atoms with E-state index in [9.17, 15) is 4.79 Å². The predicted octanol–water partition coefficient (Wildman–Crippen LogP) is 2.41. The first kappa shape index (κ1) is 11.7. The van der Waals surface area contributed by atoms with Crippen molar-refractivity contribution in [1.29, 1.82) is 0 Å². The lowest BCUT2D eigenvalue weighted by molar-refractivity contribution is 0.0696. The fraction of sp³-hybridized carbons (Fsp3) is 0.167. The molecule has 0 saturated carbocycles. The van der Waals surface area contributed by atoms with Crippen molar-refractivity contribution < 1.29 is 9.90 Å². The maximum Gasteiger partial charge on any atom is 0.335 e. The van der Waals surface area contributed by atoms with Crippen LogP contribution < -0.4 is 0 Å². The standard InChI is InChI=1S/C12H12N2O2S/c1-14-6-5-13-11(14)8-17-10-4-2-3-9(7-10)12(15)16/h2-7H,8H2,1H3,(H,15,16). The predicted molar refractivity (Wildman–Crippen MR) is 66.2 cm³/mol. The van der Waals surface area contributed by atoms with E-state index in [-0.39, 0.29) is 0 Å². The van der Waals surface area contributed by atoms with Crippen LogP contribution >= 0.6 is 11.8 Å². The van der Waals surface area contributed by atoms with Gasteiger partial charge in [-0.1, -0.05) is 6.07 Å². The Hall–Kier alpha value is -1.75. The second-order valence-electron chi connectivity index (χ2n) is 3.58. The molecule has 0 bridgehead atoms. The highest BCUT2D eigenvalue weighted by atomic mass is 32.2. The van der Waals surface area contributed by atoms with Gasteiger partial charge >= 0.3 is 5.97 Å². The number of hydrogen-bond donors (Lipinski definition) is 1. The third kappa shape index (κ3) is 2.88. The summed E-state index contributed by atoms with van der Waals surface area (Å²) in [6.07, 6.45) is 3.65. The highest BCUT2D eigenvalue weighted by Crippen LogP contribution is 2.22. The third-order valence-electron chi connectivity index (χ3n) is 2.37. The summed E-state index contributed by atoms with van der Waals surface area (Å²) >= 11 is 1.58. The molecule has 2 rings (SSSR count). The number of nitrogens with zero attached hydrogens (tertiary/aromatic N) is 2.